The number of hydrogen-bond donors (Lipinski definition) is 1. The molecular weight excluding hydrogens is 416 g/mol. The number of sulfonamides is 1. The molecule has 1 amide bonds. The van der Waals surface area contributed by atoms with Crippen LogP contribution >= 0.6 is 0 Å². The second-order valence-corrected chi connectivity index (χ2v) is 11.6. The second-order valence-electron chi connectivity index (χ2n) is 9.75. The third kappa shape index (κ3) is 3.67. The summed E-state index contributed by atoms with van der Waals surface area (Å²) in [6.45, 7) is 0.334. The molecule has 5 aliphatic rings. The van der Waals surface area contributed by atoms with Gasteiger partial charge in [0.2, 0.25) is 15.9 Å². The average molecular weight is 447 g/mol. The Balaban J connectivity index is 1.31. The maximum atomic E-state index is 13.3. The van der Waals surface area contributed by atoms with Crippen molar-refractivity contribution in [1.82, 2.24) is 9.62 Å². The summed E-state index contributed by atoms with van der Waals surface area (Å²) in [7, 11) is -2.54. The van der Waals surface area contributed by atoms with Gasteiger partial charge in [-0.05, 0) is 92.9 Å². The van der Waals surface area contributed by atoms with Gasteiger partial charge in [0.15, 0.2) is 0 Å². The third-order valence-electron chi connectivity index (χ3n) is 7.92. The van der Waals surface area contributed by atoms with Crippen molar-refractivity contribution < 1.29 is 22.7 Å². The van der Waals surface area contributed by atoms with Gasteiger partial charge >= 0.3 is 5.97 Å². The number of ether oxygens (including phenoxy) is 1. The van der Waals surface area contributed by atoms with Crippen molar-refractivity contribution in [3.05, 3.63) is 29.8 Å². The van der Waals surface area contributed by atoms with Crippen LogP contribution in [0.5, 0.6) is 0 Å². The topological polar surface area (TPSA) is 92.8 Å². The van der Waals surface area contributed by atoms with Gasteiger partial charge in [0.05, 0.1) is 17.6 Å². The zero-order valence-corrected chi connectivity index (χ0v) is 18.6. The minimum atomic E-state index is -3.82. The minimum Gasteiger partial charge on any atom is -0.465 e. The van der Waals surface area contributed by atoms with Gasteiger partial charge in [-0.1, -0.05) is 0 Å². The summed E-state index contributed by atoms with van der Waals surface area (Å²) >= 11 is 0. The van der Waals surface area contributed by atoms with Crippen LogP contribution in [0.25, 0.3) is 0 Å². The van der Waals surface area contributed by atoms with Crippen LogP contribution in [-0.4, -0.2) is 50.3 Å². The summed E-state index contributed by atoms with van der Waals surface area (Å²) < 4.78 is 32.5. The van der Waals surface area contributed by atoms with Gasteiger partial charge in [-0.2, -0.15) is 4.31 Å². The van der Waals surface area contributed by atoms with Gasteiger partial charge in [-0.3, -0.25) is 4.79 Å². The molecular formula is C23H30N2O5S. The molecule has 1 aromatic rings. The number of esters is 1. The lowest BCUT2D eigenvalue weighted by Gasteiger charge is -2.54. The molecule has 4 saturated carbocycles. The fourth-order valence-corrected chi connectivity index (χ4v) is 8.38. The Kier molecular flexibility index (Phi) is 5.33. The summed E-state index contributed by atoms with van der Waals surface area (Å²) in [5, 5.41) is 3.28. The summed E-state index contributed by atoms with van der Waals surface area (Å²) in [5.41, 5.74) is 0.291. The van der Waals surface area contributed by atoms with E-state index in [0.29, 0.717) is 36.8 Å². The fourth-order valence-electron chi connectivity index (χ4n) is 6.73. The second kappa shape index (κ2) is 7.89. The first-order valence-electron chi connectivity index (χ1n) is 11.4. The number of carbonyl (C=O) groups is 2. The van der Waals surface area contributed by atoms with E-state index in [1.54, 1.807) is 0 Å². The van der Waals surface area contributed by atoms with Crippen molar-refractivity contribution in [3.63, 3.8) is 0 Å². The predicted molar refractivity (Wildman–Crippen MR) is 114 cm³/mol. The lowest BCUT2D eigenvalue weighted by molar-refractivity contribution is -0.128. The van der Waals surface area contributed by atoms with E-state index >= 15 is 0 Å². The van der Waals surface area contributed by atoms with Crippen LogP contribution < -0.4 is 5.32 Å². The molecule has 1 saturated heterocycles. The van der Waals surface area contributed by atoms with Gasteiger partial charge in [-0.15, -0.1) is 0 Å². The van der Waals surface area contributed by atoms with Crippen LogP contribution in [-0.2, 0) is 19.6 Å². The van der Waals surface area contributed by atoms with Crippen LogP contribution in [0, 0.1) is 23.7 Å². The number of nitrogens with zero attached hydrogens (tertiary/aromatic N) is 1. The van der Waals surface area contributed by atoms with Crippen molar-refractivity contribution in [2.45, 2.75) is 61.9 Å². The predicted octanol–water partition coefficient (Wildman–Crippen LogP) is 2.57. The Labute approximate surface area is 183 Å². The molecule has 4 bridgehead atoms. The number of methoxy groups -OCH3 is 1. The summed E-state index contributed by atoms with van der Waals surface area (Å²) in [5.74, 6) is 2.09. The van der Waals surface area contributed by atoms with Crippen LogP contribution in [0.1, 0.15) is 55.3 Å². The standard InChI is InChI=1S/C23H30N2O5S/c1-30-23(27)16-4-6-19(7-5-16)31(28,29)25-8-2-3-20(25)22(26)24-21-17-10-14-9-15(12-17)13-18(21)11-14/h4-7,14-15,17-18,20-21H,2-3,8-13H2,1H3,(H,24,26)/t14?,15?,17?,18?,20-,21?/m1/s1. The summed E-state index contributed by atoms with van der Waals surface area (Å²) in [4.78, 5) is 25.0. The largest absolute Gasteiger partial charge is 0.465 e. The van der Waals surface area contributed by atoms with Gasteiger partial charge in [0, 0.05) is 12.6 Å². The average Bonchev–Trinajstić information content (AvgIpc) is 3.26. The molecule has 1 atom stereocenters. The van der Waals surface area contributed by atoms with E-state index in [1.165, 1.54) is 67.8 Å². The Morgan fingerprint density at radius 2 is 1.61 bits per heavy atom. The number of amides is 1. The summed E-state index contributed by atoms with van der Waals surface area (Å²) in [6, 6.07) is 5.24. The van der Waals surface area contributed by atoms with Crippen molar-refractivity contribution in [2.24, 2.45) is 23.7 Å². The van der Waals surface area contributed by atoms with E-state index in [0.717, 1.165) is 11.8 Å². The number of nitrogens with one attached hydrogen (secondary N) is 1. The Morgan fingerprint density at radius 3 is 2.19 bits per heavy atom. The zero-order chi connectivity index (χ0) is 21.8. The molecule has 4 aliphatic carbocycles. The molecule has 0 unspecified atom stereocenters. The van der Waals surface area contributed by atoms with Gasteiger partial charge in [0.1, 0.15) is 6.04 Å². The maximum absolute atomic E-state index is 13.3. The molecule has 5 fully saturated rings. The quantitative estimate of drug-likeness (QED) is 0.702. The molecule has 7 nitrogen and oxygen atoms in total. The van der Waals surface area contributed by atoms with E-state index in [1.807, 2.05) is 0 Å². The molecule has 0 spiro atoms. The molecule has 31 heavy (non-hydrogen) atoms. The highest BCUT2D eigenvalue weighted by Gasteiger charge is 2.49. The first-order chi connectivity index (χ1) is 14.9. The molecule has 1 heterocycles. The van der Waals surface area contributed by atoms with E-state index in [2.05, 4.69) is 10.1 Å². The first-order valence-corrected chi connectivity index (χ1v) is 12.8. The molecule has 6 rings (SSSR count). The van der Waals surface area contributed by atoms with Gasteiger partial charge < -0.3 is 10.1 Å². The van der Waals surface area contributed by atoms with Crippen molar-refractivity contribution >= 4 is 21.9 Å². The molecule has 1 aromatic carbocycles. The van der Waals surface area contributed by atoms with Crippen LogP contribution in [0.3, 0.4) is 0 Å². The Bertz CT molecular complexity index is 946. The van der Waals surface area contributed by atoms with Crippen LogP contribution in [0.15, 0.2) is 29.2 Å². The zero-order valence-electron chi connectivity index (χ0n) is 17.8. The van der Waals surface area contributed by atoms with Crippen LogP contribution in [0.4, 0.5) is 0 Å². The maximum Gasteiger partial charge on any atom is 0.337 e. The minimum absolute atomic E-state index is 0.0921. The lowest BCUT2D eigenvalue weighted by Crippen LogP contribution is -2.58. The molecule has 0 aromatic heterocycles. The number of carbonyl (C=O) groups excluding carboxylic acids is 2. The normalized spacial score (nSPS) is 34.6. The SMILES string of the molecule is COC(=O)c1ccc(S(=O)(=O)N2CCC[C@@H]2C(=O)NC2C3CC4CC(C3)CC2C4)cc1. The fraction of sp³-hybridized carbons (Fsp3) is 0.652. The smallest absolute Gasteiger partial charge is 0.337 e. The Morgan fingerprint density at radius 1 is 1.00 bits per heavy atom. The van der Waals surface area contributed by atoms with Crippen molar-refractivity contribution in [2.75, 3.05) is 13.7 Å². The van der Waals surface area contributed by atoms with Crippen molar-refractivity contribution in [3.8, 4) is 0 Å². The lowest BCUT2D eigenvalue weighted by atomic mass is 9.54. The molecule has 168 valence electrons. The highest BCUT2D eigenvalue weighted by atomic mass is 32.2. The van der Waals surface area contributed by atoms with Crippen LogP contribution in [0.2, 0.25) is 0 Å². The van der Waals surface area contributed by atoms with E-state index in [4.69, 9.17) is 0 Å². The monoisotopic (exact) mass is 446 g/mol. The van der Waals surface area contributed by atoms with E-state index in [9.17, 15) is 18.0 Å². The van der Waals surface area contributed by atoms with E-state index < -0.39 is 22.0 Å². The molecule has 1 aliphatic heterocycles. The molecule has 0 radical (unpaired) electrons. The highest BCUT2D eigenvalue weighted by molar-refractivity contribution is 7.89. The number of hydrogen-bond acceptors (Lipinski definition) is 5. The number of rotatable bonds is 5. The molecule has 1 N–H and O–H groups in total. The Hall–Kier alpha value is -1.93. The molecule has 8 heteroatoms. The first kappa shape index (κ1) is 20.9. The van der Waals surface area contributed by atoms with Gasteiger partial charge in [-0.25, -0.2) is 13.2 Å². The number of benzene rings is 1. The van der Waals surface area contributed by atoms with E-state index in [-0.39, 0.29) is 16.8 Å². The highest BCUT2D eigenvalue weighted by Crippen LogP contribution is 2.53. The van der Waals surface area contributed by atoms with Crippen molar-refractivity contribution in [1.29, 1.82) is 0 Å². The van der Waals surface area contributed by atoms with Gasteiger partial charge in [0.25, 0.3) is 0 Å². The summed E-state index contributed by atoms with van der Waals surface area (Å²) in [6.07, 6.45) is 7.39. The third-order valence-corrected chi connectivity index (χ3v) is 9.85.